The van der Waals surface area contributed by atoms with E-state index >= 15 is 0 Å². The van der Waals surface area contributed by atoms with Crippen LogP contribution in [0, 0.1) is 5.92 Å². The van der Waals surface area contributed by atoms with Crippen molar-refractivity contribution in [2.24, 2.45) is 5.92 Å². The van der Waals surface area contributed by atoms with Crippen LogP contribution in [-0.2, 0) is 13.0 Å². The molecule has 2 heterocycles. The number of likely N-dealkylation sites (N-methyl/N-ethyl adjacent to an activating group) is 1. The number of carbonyl (C=O) groups excluding carboxylic acids is 1. The number of hydrogen-bond donors (Lipinski definition) is 1. The quantitative estimate of drug-likeness (QED) is 0.577. The zero-order valence-electron chi connectivity index (χ0n) is 17.9. The molecule has 0 spiro atoms. The molecule has 1 saturated heterocycles. The molecule has 1 amide bonds. The molecule has 1 atom stereocenters. The van der Waals surface area contributed by atoms with Crippen LogP contribution in [0.1, 0.15) is 22.3 Å². The van der Waals surface area contributed by atoms with Crippen LogP contribution in [0.3, 0.4) is 0 Å². The van der Waals surface area contributed by atoms with Crippen LogP contribution in [0.25, 0.3) is 11.0 Å². The molecule has 168 valence electrons. The normalized spacial score (nSPS) is 15.2. The maximum absolute atomic E-state index is 13.0. The Hall–Kier alpha value is -2.28. The Kier molecular flexibility index (Phi) is 9.16. The molecule has 0 bridgehead atoms. The molecule has 8 heteroatoms. The van der Waals surface area contributed by atoms with E-state index in [-0.39, 0.29) is 30.7 Å². The number of hydrogen-bond acceptors (Lipinski definition) is 4. The van der Waals surface area contributed by atoms with Crippen molar-refractivity contribution in [1.82, 2.24) is 19.8 Å². The average Bonchev–Trinajstić information content (AvgIpc) is 3.41. The van der Waals surface area contributed by atoms with Crippen molar-refractivity contribution in [3.8, 4) is 5.75 Å². The lowest BCUT2D eigenvalue weighted by Gasteiger charge is -2.19. The van der Waals surface area contributed by atoms with Crippen LogP contribution in [0.5, 0.6) is 5.75 Å². The van der Waals surface area contributed by atoms with Crippen LogP contribution in [-0.4, -0.2) is 54.1 Å². The number of methoxy groups -OCH3 is 1. The molecule has 1 aliphatic heterocycles. The van der Waals surface area contributed by atoms with E-state index in [1.54, 1.807) is 12.0 Å². The summed E-state index contributed by atoms with van der Waals surface area (Å²) in [6.45, 7) is 3.42. The fourth-order valence-electron chi connectivity index (χ4n) is 4.04. The predicted octanol–water partition coefficient (Wildman–Crippen LogP) is 3.81. The number of nitrogens with one attached hydrogen (secondary N) is 1. The molecule has 1 unspecified atom stereocenters. The molecule has 2 aromatic carbocycles. The Balaban J connectivity index is 0.00000171. The van der Waals surface area contributed by atoms with Gasteiger partial charge in [-0.05, 0) is 67.7 Å². The molecule has 4 rings (SSSR count). The van der Waals surface area contributed by atoms with Crippen molar-refractivity contribution in [1.29, 1.82) is 0 Å². The number of para-hydroxylation sites is 2. The van der Waals surface area contributed by atoms with Gasteiger partial charge in [0.05, 0.1) is 24.5 Å². The van der Waals surface area contributed by atoms with Gasteiger partial charge in [-0.3, -0.25) is 4.79 Å². The van der Waals surface area contributed by atoms with Gasteiger partial charge in [0.2, 0.25) is 0 Å². The number of benzene rings is 2. The highest BCUT2D eigenvalue weighted by molar-refractivity contribution is 5.94. The molecule has 0 saturated carbocycles. The maximum Gasteiger partial charge on any atom is 0.253 e. The number of ether oxygens (including phenoxy) is 1. The molecule has 1 aliphatic rings. The monoisotopic (exact) mass is 464 g/mol. The summed E-state index contributed by atoms with van der Waals surface area (Å²) in [5.74, 6) is 1.49. The fourth-order valence-corrected chi connectivity index (χ4v) is 4.04. The van der Waals surface area contributed by atoms with Gasteiger partial charge in [-0.15, -0.1) is 24.8 Å². The molecule has 0 aliphatic carbocycles. The highest BCUT2D eigenvalue weighted by Crippen LogP contribution is 2.25. The summed E-state index contributed by atoms with van der Waals surface area (Å²) in [5, 5.41) is 3.40. The molecule has 1 fully saturated rings. The number of amides is 1. The third-order valence-electron chi connectivity index (χ3n) is 5.75. The van der Waals surface area contributed by atoms with Crippen molar-refractivity contribution >= 4 is 41.8 Å². The van der Waals surface area contributed by atoms with Crippen molar-refractivity contribution < 1.29 is 9.53 Å². The molecule has 1 N–H and O–H groups in total. The fraction of sp³-hybridized carbons (Fsp3) is 0.391. The van der Waals surface area contributed by atoms with Crippen LogP contribution in [0.15, 0.2) is 48.8 Å². The number of rotatable bonds is 7. The summed E-state index contributed by atoms with van der Waals surface area (Å²) >= 11 is 0. The van der Waals surface area contributed by atoms with Gasteiger partial charge in [-0.2, -0.15) is 0 Å². The van der Waals surface area contributed by atoms with E-state index in [0.717, 1.165) is 41.9 Å². The number of halogens is 2. The first-order valence-electron chi connectivity index (χ1n) is 10.2. The van der Waals surface area contributed by atoms with E-state index in [2.05, 4.69) is 20.9 Å². The van der Waals surface area contributed by atoms with Crippen molar-refractivity contribution in [3.63, 3.8) is 0 Å². The Bertz CT molecular complexity index is 1000. The van der Waals surface area contributed by atoms with Gasteiger partial charge in [-0.25, -0.2) is 4.98 Å². The third-order valence-corrected chi connectivity index (χ3v) is 5.75. The van der Waals surface area contributed by atoms with Crippen molar-refractivity contribution in [3.05, 3.63) is 59.9 Å². The van der Waals surface area contributed by atoms with Gasteiger partial charge in [0.15, 0.2) is 0 Å². The number of carbonyl (C=O) groups is 1. The van der Waals surface area contributed by atoms with E-state index in [1.807, 2.05) is 49.8 Å². The van der Waals surface area contributed by atoms with E-state index in [4.69, 9.17) is 4.74 Å². The Morgan fingerprint density at radius 2 is 2.06 bits per heavy atom. The second-order valence-electron chi connectivity index (χ2n) is 7.74. The van der Waals surface area contributed by atoms with E-state index in [9.17, 15) is 4.79 Å². The predicted molar refractivity (Wildman–Crippen MR) is 129 cm³/mol. The SMILES string of the molecule is COc1ccc(C(=O)N(C)CCn2cnc3ccccc32)cc1CC1CCNC1.Cl.Cl. The summed E-state index contributed by atoms with van der Waals surface area (Å²) in [7, 11) is 3.54. The first-order valence-corrected chi connectivity index (χ1v) is 10.2. The number of nitrogens with zero attached hydrogens (tertiary/aromatic N) is 3. The zero-order chi connectivity index (χ0) is 20.2. The molecular weight excluding hydrogens is 435 g/mol. The Morgan fingerprint density at radius 1 is 1.26 bits per heavy atom. The van der Waals surface area contributed by atoms with Crippen LogP contribution in [0.4, 0.5) is 0 Å². The number of fused-ring (bicyclic) bond motifs is 1. The largest absolute Gasteiger partial charge is 0.496 e. The van der Waals surface area contributed by atoms with E-state index in [1.165, 1.54) is 6.42 Å². The van der Waals surface area contributed by atoms with Gasteiger partial charge in [0.25, 0.3) is 5.91 Å². The van der Waals surface area contributed by atoms with Gasteiger partial charge < -0.3 is 19.5 Å². The van der Waals surface area contributed by atoms with Gasteiger partial charge in [0.1, 0.15) is 5.75 Å². The van der Waals surface area contributed by atoms with Gasteiger partial charge in [-0.1, -0.05) is 12.1 Å². The topological polar surface area (TPSA) is 59.4 Å². The number of aromatic nitrogens is 2. The highest BCUT2D eigenvalue weighted by Gasteiger charge is 2.19. The van der Waals surface area contributed by atoms with Crippen LogP contribution >= 0.6 is 24.8 Å². The van der Waals surface area contributed by atoms with Crippen molar-refractivity contribution in [2.45, 2.75) is 19.4 Å². The lowest BCUT2D eigenvalue weighted by Crippen LogP contribution is -2.30. The lowest BCUT2D eigenvalue weighted by atomic mass is 9.96. The van der Waals surface area contributed by atoms with E-state index < -0.39 is 0 Å². The summed E-state index contributed by atoms with van der Waals surface area (Å²) in [6, 6.07) is 13.8. The summed E-state index contributed by atoms with van der Waals surface area (Å²) in [5.41, 5.74) is 3.89. The summed E-state index contributed by atoms with van der Waals surface area (Å²) in [4.78, 5) is 19.2. The number of imidazole rings is 1. The molecule has 0 radical (unpaired) electrons. The second kappa shape index (κ2) is 11.4. The van der Waals surface area contributed by atoms with Crippen molar-refractivity contribution in [2.75, 3.05) is 33.8 Å². The molecule has 6 nitrogen and oxygen atoms in total. The summed E-state index contributed by atoms with van der Waals surface area (Å²) < 4.78 is 7.62. The first kappa shape index (κ1) is 25.0. The van der Waals surface area contributed by atoms with Gasteiger partial charge in [0, 0.05) is 25.7 Å². The van der Waals surface area contributed by atoms with E-state index in [0.29, 0.717) is 24.6 Å². The minimum atomic E-state index is 0. The first-order chi connectivity index (χ1) is 14.2. The lowest BCUT2D eigenvalue weighted by molar-refractivity contribution is 0.0790. The minimum Gasteiger partial charge on any atom is -0.496 e. The van der Waals surface area contributed by atoms with Crippen LogP contribution < -0.4 is 10.1 Å². The molecule has 3 aromatic rings. The Morgan fingerprint density at radius 3 is 2.81 bits per heavy atom. The smallest absolute Gasteiger partial charge is 0.253 e. The average molecular weight is 465 g/mol. The molecular formula is C23H30Cl2N4O2. The second-order valence-corrected chi connectivity index (χ2v) is 7.74. The van der Waals surface area contributed by atoms with Gasteiger partial charge >= 0.3 is 0 Å². The zero-order valence-corrected chi connectivity index (χ0v) is 19.5. The highest BCUT2D eigenvalue weighted by atomic mass is 35.5. The molecule has 31 heavy (non-hydrogen) atoms. The third kappa shape index (κ3) is 5.70. The standard InChI is InChI=1S/C23H28N4O2.2ClH/c1-26(11-12-27-16-25-20-5-3-4-6-21(20)27)23(28)18-7-8-22(29-2)19(14-18)13-17-9-10-24-15-17;;/h3-8,14,16-17,24H,9-13,15H2,1-2H3;2*1H. The Labute approximate surface area is 195 Å². The van der Waals surface area contributed by atoms with Crippen LogP contribution in [0.2, 0.25) is 0 Å². The summed E-state index contributed by atoms with van der Waals surface area (Å²) in [6.07, 6.45) is 3.94. The molecule has 1 aromatic heterocycles. The minimum absolute atomic E-state index is 0. The maximum atomic E-state index is 13.0.